The lowest BCUT2D eigenvalue weighted by Crippen LogP contribution is -1.91. The van der Waals surface area contributed by atoms with Crippen molar-refractivity contribution in [1.82, 2.24) is 0 Å². The molecule has 54 valence electrons. The van der Waals surface area contributed by atoms with Gasteiger partial charge >= 0.3 is 0 Å². The molecule has 0 heteroatoms. The molecule has 0 saturated carbocycles. The summed E-state index contributed by atoms with van der Waals surface area (Å²) in [6.45, 7) is 4.20. The van der Waals surface area contributed by atoms with Crippen molar-refractivity contribution in [3.63, 3.8) is 0 Å². The van der Waals surface area contributed by atoms with Crippen molar-refractivity contribution in [2.75, 3.05) is 0 Å². The first-order valence-electron chi connectivity index (χ1n) is 3.87. The number of hydrogen-bond donors (Lipinski definition) is 0. The van der Waals surface area contributed by atoms with Crippen LogP contribution in [0.25, 0.3) is 0 Å². The lowest BCUT2D eigenvalue weighted by Gasteiger charge is -2.10. The van der Waals surface area contributed by atoms with E-state index in [-0.39, 0.29) is 0 Å². The van der Waals surface area contributed by atoms with Crippen LogP contribution in [0, 0.1) is 0 Å². The minimum Gasteiger partial charge on any atom is -0.0838 e. The van der Waals surface area contributed by atoms with E-state index in [0.717, 1.165) is 0 Å². The van der Waals surface area contributed by atoms with E-state index >= 15 is 0 Å². The molecule has 1 aliphatic carbocycles. The quantitative estimate of drug-likeness (QED) is 0.477. The Balaban J connectivity index is 2.86. The zero-order chi connectivity index (χ0) is 7.40. The molecular weight excluding hydrogens is 120 g/mol. The molecule has 0 N–H and O–H groups in total. The van der Waals surface area contributed by atoms with Crippen LogP contribution in [-0.2, 0) is 0 Å². The maximum atomic E-state index is 2.24. The van der Waals surface area contributed by atoms with Gasteiger partial charge in [-0.2, -0.15) is 0 Å². The molecule has 0 atom stereocenters. The molecule has 0 bridgehead atoms. The predicted molar refractivity (Wildman–Crippen MR) is 45.9 cm³/mol. The molecule has 0 aromatic carbocycles. The van der Waals surface area contributed by atoms with Crippen LogP contribution in [0.3, 0.4) is 0 Å². The molecule has 0 heterocycles. The Morgan fingerprint density at radius 1 is 1.30 bits per heavy atom. The third-order valence-corrected chi connectivity index (χ3v) is 1.91. The van der Waals surface area contributed by atoms with Crippen molar-refractivity contribution >= 4 is 0 Å². The minimum absolute atomic E-state index is 1.21. The fourth-order valence-electron chi connectivity index (χ4n) is 1.29. The Bertz CT molecular complexity index is 192. The fourth-order valence-corrected chi connectivity index (χ4v) is 1.29. The van der Waals surface area contributed by atoms with Gasteiger partial charge in [0.25, 0.3) is 0 Å². The maximum Gasteiger partial charge on any atom is -0.0241 e. The second-order valence-electron chi connectivity index (χ2n) is 2.50. The Labute approximate surface area is 62.9 Å². The van der Waals surface area contributed by atoms with Gasteiger partial charge in [0, 0.05) is 0 Å². The van der Waals surface area contributed by atoms with Gasteiger partial charge in [0.2, 0.25) is 0 Å². The molecule has 0 aromatic heterocycles. The van der Waals surface area contributed by atoms with Crippen LogP contribution in [0.15, 0.2) is 35.5 Å². The van der Waals surface area contributed by atoms with E-state index in [4.69, 9.17) is 0 Å². The Morgan fingerprint density at radius 2 is 2.10 bits per heavy atom. The maximum absolute atomic E-state index is 2.24. The van der Waals surface area contributed by atoms with Gasteiger partial charge in [0.05, 0.1) is 0 Å². The molecule has 0 spiro atoms. The van der Waals surface area contributed by atoms with Crippen molar-refractivity contribution in [1.29, 1.82) is 0 Å². The minimum atomic E-state index is 1.21. The van der Waals surface area contributed by atoms with Crippen LogP contribution in [0.5, 0.6) is 0 Å². The zero-order valence-electron chi connectivity index (χ0n) is 6.72. The van der Waals surface area contributed by atoms with Crippen LogP contribution in [0.4, 0.5) is 0 Å². The van der Waals surface area contributed by atoms with Crippen molar-refractivity contribution in [2.45, 2.75) is 26.7 Å². The van der Waals surface area contributed by atoms with E-state index in [2.05, 4.69) is 38.2 Å². The molecule has 0 aromatic rings. The summed E-state index contributed by atoms with van der Waals surface area (Å²) in [6.07, 6.45) is 11.2. The lowest BCUT2D eigenvalue weighted by atomic mass is 9.95. The molecule has 0 aliphatic heterocycles. The molecule has 1 aliphatic rings. The molecule has 0 saturated heterocycles. The van der Waals surface area contributed by atoms with E-state index < -0.39 is 0 Å². The van der Waals surface area contributed by atoms with Crippen LogP contribution in [0.2, 0.25) is 0 Å². The van der Waals surface area contributed by atoms with Gasteiger partial charge in [0.1, 0.15) is 0 Å². The summed E-state index contributed by atoms with van der Waals surface area (Å²) in [5, 5.41) is 0. The zero-order valence-corrected chi connectivity index (χ0v) is 6.72. The van der Waals surface area contributed by atoms with Gasteiger partial charge < -0.3 is 0 Å². The van der Waals surface area contributed by atoms with Crippen molar-refractivity contribution in [2.24, 2.45) is 0 Å². The molecule has 0 nitrogen and oxygen atoms in total. The predicted octanol–water partition coefficient (Wildman–Crippen LogP) is 3.23. The highest BCUT2D eigenvalue weighted by atomic mass is 14.1. The molecule has 10 heavy (non-hydrogen) atoms. The number of rotatable bonds is 0. The summed E-state index contributed by atoms with van der Waals surface area (Å²) in [7, 11) is 0. The highest BCUT2D eigenvalue weighted by molar-refractivity contribution is 5.41. The number of allylic oxidation sites excluding steroid dienone is 6. The normalized spacial score (nSPS) is 26.2. The second kappa shape index (κ2) is 3.40. The van der Waals surface area contributed by atoms with E-state index in [9.17, 15) is 0 Å². The number of hydrogen-bond acceptors (Lipinski definition) is 0. The molecule has 1 rings (SSSR count). The molecule has 0 fully saturated rings. The first-order chi connectivity index (χ1) is 4.88. The average Bonchev–Trinajstić information content (AvgIpc) is 2.04. The van der Waals surface area contributed by atoms with E-state index in [1.54, 1.807) is 0 Å². The second-order valence-corrected chi connectivity index (χ2v) is 2.50. The van der Waals surface area contributed by atoms with Gasteiger partial charge in [-0.05, 0) is 37.8 Å². The lowest BCUT2D eigenvalue weighted by molar-refractivity contribution is 0.963. The SMILES string of the molecule is CC=C1C=CCCC1=CC. The highest BCUT2D eigenvalue weighted by Crippen LogP contribution is 2.22. The summed E-state index contributed by atoms with van der Waals surface area (Å²) >= 11 is 0. The Morgan fingerprint density at radius 3 is 2.60 bits per heavy atom. The summed E-state index contributed by atoms with van der Waals surface area (Å²) < 4.78 is 0. The molecular formula is C10H14. The molecule has 0 radical (unpaired) electrons. The van der Waals surface area contributed by atoms with Crippen molar-refractivity contribution in [3.05, 3.63) is 35.5 Å². The smallest absolute Gasteiger partial charge is 0.0241 e. The van der Waals surface area contributed by atoms with Gasteiger partial charge in [-0.1, -0.05) is 24.3 Å². The van der Waals surface area contributed by atoms with Crippen molar-refractivity contribution in [3.8, 4) is 0 Å². The van der Waals surface area contributed by atoms with Crippen LogP contribution < -0.4 is 0 Å². The Kier molecular flexibility index (Phi) is 2.49. The van der Waals surface area contributed by atoms with Crippen molar-refractivity contribution < 1.29 is 0 Å². The van der Waals surface area contributed by atoms with Gasteiger partial charge in [-0.3, -0.25) is 0 Å². The summed E-state index contributed by atoms with van der Waals surface area (Å²) in [5.41, 5.74) is 2.89. The van der Waals surface area contributed by atoms with E-state index in [1.165, 1.54) is 24.0 Å². The summed E-state index contributed by atoms with van der Waals surface area (Å²) in [4.78, 5) is 0. The fraction of sp³-hybridized carbons (Fsp3) is 0.400. The van der Waals surface area contributed by atoms with Gasteiger partial charge in [0.15, 0.2) is 0 Å². The van der Waals surface area contributed by atoms with Gasteiger partial charge in [-0.15, -0.1) is 0 Å². The van der Waals surface area contributed by atoms with Crippen LogP contribution in [-0.4, -0.2) is 0 Å². The van der Waals surface area contributed by atoms with Gasteiger partial charge in [-0.25, -0.2) is 0 Å². The monoisotopic (exact) mass is 134 g/mol. The Hall–Kier alpha value is -0.780. The molecule has 0 amide bonds. The first kappa shape index (κ1) is 7.33. The highest BCUT2D eigenvalue weighted by Gasteiger charge is 2.02. The summed E-state index contributed by atoms with van der Waals surface area (Å²) in [5.74, 6) is 0. The van der Waals surface area contributed by atoms with E-state index in [1.807, 2.05) is 0 Å². The topological polar surface area (TPSA) is 0 Å². The third-order valence-electron chi connectivity index (χ3n) is 1.91. The van der Waals surface area contributed by atoms with Crippen LogP contribution in [0.1, 0.15) is 26.7 Å². The standard InChI is InChI=1S/C10H14/c1-3-9-7-5-6-8-10(9)4-2/h3-5,7H,6,8H2,1-2H3. The average molecular weight is 134 g/mol. The third kappa shape index (κ3) is 1.38. The van der Waals surface area contributed by atoms with Crippen LogP contribution >= 0.6 is 0 Å². The first-order valence-corrected chi connectivity index (χ1v) is 3.87. The van der Waals surface area contributed by atoms with E-state index in [0.29, 0.717) is 0 Å². The summed E-state index contributed by atoms with van der Waals surface area (Å²) in [6, 6.07) is 0. The molecule has 0 unspecified atom stereocenters. The largest absolute Gasteiger partial charge is 0.0838 e.